The van der Waals surface area contributed by atoms with Crippen molar-refractivity contribution in [3.8, 4) is 0 Å². The van der Waals surface area contributed by atoms with Crippen LogP contribution in [0.4, 0.5) is 0 Å². The maximum atomic E-state index is 12.0. The Kier molecular flexibility index (Phi) is 4.67. The molecule has 8 heteroatoms. The molecule has 1 aromatic carbocycles. The van der Waals surface area contributed by atoms with Gasteiger partial charge in [0.15, 0.2) is 0 Å². The zero-order valence-electron chi connectivity index (χ0n) is 13.2. The predicted molar refractivity (Wildman–Crippen MR) is 86.3 cm³/mol. The molecule has 23 heavy (non-hydrogen) atoms. The van der Waals surface area contributed by atoms with Crippen molar-refractivity contribution in [2.75, 3.05) is 39.8 Å². The molecule has 1 amide bonds. The standard InChI is InChI=1S/C15H22N4O3S/c1-16-23(21,22)13-4-2-12(3-5-13)10-18-8-9-19-7-6-17-15(20)14(19)11-18/h2-5,14,16H,6-11H2,1H3,(H,17,20)/t14-/m1/s1. The van der Waals surface area contributed by atoms with E-state index in [0.717, 1.165) is 38.3 Å². The summed E-state index contributed by atoms with van der Waals surface area (Å²) in [6, 6.07) is 6.83. The van der Waals surface area contributed by atoms with E-state index in [9.17, 15) is 13.2 Å². The summed E-state index contributed by atoms with van der Waals surface area (Å²) in [7, 11) is -1.99. The highest BCUT2D eigenvalue weighted by Gasteiger charge is 2.34. The highest BCUT2D eigenvalue weighted by atomic mass is 32.2. The van der Waals surface area contributed by atoms with Crippen LogP contribution in [0.15, 0.2) is 29.2 Å². The molecule has 0 bridgehead atoms. The molecule has 0 aromatic heterocycles. The number of amides is 1. The summed E-state index contributed by atoms with van der Waals surface area (Å²) in [4.78, 5) is 16.7. The molecule has 0 unspecified atom stereocenters. The number of piperazine rings is 2. The van der Waals surface area contributed by atoms with Gasteiger partial charge in [0.2, 0.25) is 15.9 Å². The largest absolute Gasteiger partial charge is 0.353 e. The lowest BCUT2D eigenvalue weighted by Crippen LogP contribution is -2.63. The third-order valence-corrected chi connectivity index (χ3v) is 5.92. The van der Waals surface area contributed by atoms with Gasteiger partial charge in [-0.15, -0.1) is 0 Å². The fourth-order valence-electron chi connectivity index (χ4n) is 3.13. The van der Waals surface area contributed by atoms with Crippen molar-refractivity contribution in [2.45, 2.75) is 17.5 Å². The summed E-state index contributed by atoms with van der Waals surface area (Å²) in [6.07, 6.45) is 0. The second-order valence-electron chi connectivity index (χ2n) is 5.93. The Morgan fingerprint density at radius 1 is 1.22 bits per heavy atom. The third kappa shape index (κ3) is 3.55. The number of hydrogen-bond donors (Lipinski definition) is 2. The van der Waals surface area contributed by atoms with E-state index in [2.05, 4.69) is 19.8 Å². The van der Waals surface area contributed by atoms with Crippen molar-refractivity contribution in [1.29, 1.82) is 0 Å². The fourth-order valence-corrected chi connectivity index (χ4v) is 3.86. The zero-order chi connectivity index (χ0) is 16.4. The molecule has 2 N–H and O–H groups in total. The number of sulfonamides is 1. The molecule has 2 fully saturated rings. The summed E-state index contributed by atoms with van der Waals surface area (Å²) in [6.45, 7) is 4.89. The SMILES string of the molecule is CNS(=O)(=O)c1ccc(CN2CCN3CCNC(=O)[C@H]3C2)cc1. The molecule has 2 aliphatic heterocycles. The molecular weight excluding hydrogens is 316 g/mol. The molecule has 2 saturated heterocycles. The normalized spacial score (nSPS) is 23.3. The van der Waals surface area contributed by atoms with Crippen LogP contribution in [0.3, 0.4) is 0 Å². The van der Waals surface area contributed by atoms with Gasteiger partial charge in [0.05, 0.1) is 4.90 Å². The first-order valence-corrected chi connectivity index (χ1v) is 9.24. The summed E-state index contributed by atoms with van der Waals surface area (Å²) in [5, 5.41) is 2.92. The Morgan fingerprint density at radius 2 is 1.96 bits per heavy atom. The third-order valence-electron chi connectivity index (χ3n) is 4.48. The van der Waals surface area contributed by atoms with E-state index in [4.69, 9.17) is 0 Å². The number of benzene rings is 1. The van der Waals surface area contributed by atoms with E-state index in [0.29, 0.717) is 6.54 Å². The summed E-state index contributed by atoms with van der Waals surface area (Å²) in [5.74, 6) is 0.108. The lowest BCUT2D eigenvalue weighted by molar-refractivity contribution is -0.131. The van der Waals surface area contributed by atoms with Gasteiger partial charge in [-0.3, -0.25) is 14.6 Å². The maximum absolute atomic E-state index is 12.0. The summed E-state index contributed by atoms with van der Waals surface area (Å²) in [5.41, 5.74) is 1.05. The molecule has 1 aromatic rings. The smallest absolute Gasteiger partial charge is 0.240 e. The Morgan fingerprint density at radius 3 is 2.65 bits per heavy atom. The Hall–Kier alpha value is -1.48. The first kappa shape index (κ1) is 16.4. The van der Waals surface area contributed by atoms with Crippen LogP contribution in [-0.4, -0.2) is 69.9 Å². The minimum Gasteiger partial charge on any atom is -0.353 e. The number of nitrogens with zero attached hydrogens (tertiary/aromatic N) is 2. The first-order chi connectivity index (χ1) is 11.0. The Labute approximate surface area is 136 Å². The highest BCUT2D eigenvalue weighted by molar-refractivity contribution is 7.89. The molecule has 2 aliphatic rings. The molecule has 0 spiro atoms. The van der Waals surface area contributed by atoms with Gasteiger partial charge in [0.25, 0.3) is 0 Å². The van der Waals surface area contributed by atoms with E-state index < -0.39 is 10.0 Å². The van der Waals surface area contributed by atoms with Crippen LogP contribution >= 0.6 is 0 Å². The molecule has 0 saturated carbocycles. The molecule has 7 nitrogen and oxygen atoms in total. The van der Waals surface area contributed by atoms with Gasteiger partial charge in [-0.25, -0.2) is 13.1 Å². The van der Waals surface area contributed by atoms with E-state index in [-0.39, 0.29) is 16.8 Å². The van der Waals surface area contributed by atoms with Gasteiger partial charge in [0.1, 0.15) is 6.04 Å². The minimum absolute atomic E-state index is 0.0681. The van der Waals surface area contributed by atoms with E-state index in [1.165, 1.54) is 7.05 Å². The second-order valence-corrected chi connectivity index (χ2v) is 7.82. The maximum Gasteiger partial charge on any atom is 0.240 e. The molecule has 2 heterocycles. The van der Waals surface area contributed by atoms with Crippen LogP contribution in [0.25, 0.3) is 0 Å². The molecule has 3 rings (SSSR count). The van der Waals surface area contributed by atoms with Gasteiger partial charge in [-0.05, 0) is 24.7 Å². The number of rotatable bonds is 4. The van der Waals surface area contributed by atoms with E-state index >= 15 is 0 Å². The van der Waals surface area contributed by atoms with Gasteiger partial charge >= 0.3 is 0 Å². The van der Waals surface area contributed by atoms with Gasteiger partial charge in [-0.2, -0.15) is 0 Å². The predicted octanol–water partition coefficient (Wildman–Crippen LogP) is -0.789. The average molecular weight is 338 g/mol. The molecule has 0 radical (unpaired) electrons. The van der Waals surface area contributed by atoms with Crippen LogP contribution in [0.5, 0.6) is 0 Å². The Balaban J connectivity index is 1.65. The molecule has 126 valence electrons. The van der Waals surface area contributed by atoms with Crippen LogP contribution in [0, 0.1) is 0 Å². The van der Waals surface area contributed by atoms with Crippen LogP contribution in [-0.2, 0) is 21.4 Å². The number of carbonyl (C=O) groups is 1. The number of carbonyl (C=O) groups excluding carboxylic acids is 1. The number of nitrogens with one attached hydrogen (secondary N) is 2. The summed E-state index contributed by atoms with van der Waals surface area (Å²) >= 11 is 0. The van der Waals surface area contributed by atoms with Crippen molar-refractivity contribution >= 4 is 15.9 Å². The fraction of sp³-hybridized carbons (Fsp3) is 0.533. The van der Waals surface area contributed by atoms with Gasteiger partial charge in [0, 0.05) is 39.3 Å². The number of hydrogen-bond acceptors (Lipinski definition) is 5. The quantitative estimate of drug-likeness (QED) is 0.752. The molecule has 0 aliphatic carbocycles. The zero-order valence-corrected chi connectivity index (χ0v) is 14.0. The van der Waals surface area contributed by atoms with Crippen molar-refractivity contribution in [3.63, 3.8) is 0 Å². The monoisotopic (exact) mass is 338 g/mol. The van der Waals surface area contributed by atoms with Gasteiger partial charge < -0.3 is 5.32 Å². The Bertz CT molecular complexity index is 674. The lowest BCUT2D eigenvalue weighted by Gasteiger charge is -2.43. The minimum atomic E-state index is -3.39. The highest BCUT2D eigenvalue weighted by Crippen LogP contribution is 2.16. The van der Waals surface area contributed by atoms with Crippen molar-refractivity contribution < 1.29 is 13.2 Å². The van der Waals surface area contributed by atoms with Crippen LogP contribution in [0.2, 0.25) is 0 Å². The first-order valence-electron chi connectivity index (χ1n) is 7.76. The lowest BCUT2D eigenvalue weighted by atomic mass is 10.1. The van der Waals surface area contributed by atoms with Crippen molar-refractivity contribution in [3.05, 3.63) is 29.8 Å². The topological polar surface area (TPSA) is 81.8 Å². The molecular formula is C15H22N4O3S. The average Bonchev–Trinajstić information content (AvgIpc) is 2.56. The van der Waals surface area contributed by atoms with Crippen LogP contribution in [0.1, 0.15) is 5.56 Å². The van der Waals surface area contributed by atoms with E-state index in [1.807, 2.05) is 12.1 Å². The number of fused-ring (bicyclic) bond motifs is 1. The van der Waals surface area contributed by atoms with Gasteiger partial charge in [-0.1, -0.05) is 12.1 Å². The van der Waals surface area contributed by atoms with Crippen molar-refractivity contribution in [2.24, 2.45) is 0 Å². The van der Waals surface area contributed by atoms with E-state index in [1.54, 1.807) is 12.1 Å². The second kappa shape index (κ2) is 6.56. The van der Waals surface area contributed by atoms with Crippen LogP contribution < -0.4 is 10.0 Å². The molecule has 1 atom stereocenters. The van der Waals surface area contributed by atoms with Crippen molar-refractivity contribution in [1.82, 2.24) is 19.8 Å². The summed E-state index contributed by atoms with van der Waals surface area (Å²) < 4.78 is 25.8.